The Bertz CT molecular complexity index is 711. The molecular weight excluding hydrogens is 324 g/mol. The van der Waals surface area contributed by atoms with Crippen LogP contribution in [-0.4, -0.2) is 43.5 Å². The summed E-state index contributed by atoms with van der Waals surface area (Å²) < 4.78 is 25.8. The van der Waals surface area contributed by atoms with Crippen molar-refractivity contribution < 1.29 is 13.2 Å². The molecule has 1 aromatic carbocycles. The van der Waals surface area contributed by atoms with Crippen LogP contribution >= 0.6 is 0 Å². The number of hydrogen-bond donors (Lipinski definition) is 0. The van der Waals surface area contributed by atoms with Gasteiger partial charge in [-0.3, -0.25) is 4.79 Å². The highest BCUT2D eigenvalue weighted by Crippen LogP contribution is 2.32. The number of carbonyl (C=O) groups excluding carboxylic acids is 1. The molecule has 0 spiro atoms. The second kappa shape index (κ2) is 6.84. The third-order valence-corrected chi connectivity index (χ3v) is 6.51. The molecule has 1 unspecified atom stereocenters. The number of sulfonamides is 1. The van der Waals surface area contributed by atoms with Gasteiger partial charge >= 0.3 is 0 Å². The highest BCUT2D eigenvalue weighted by Gasteiger charge is 2.33. The van der Waals surface area contributed by atoms with E-state index in [1.807, 2.05) is 30.0 Å². The number of carbonyl (C=O) groups is 1. The molecule has 0 bridgehead atoms. The maximum Gasteiger partial charge on any atom is 0.228 e. The van der Waals surface area contributed by atoms with E-state index in [9.17, 15) is 13.2 Å². The van der Waals surface area contributed by atoms with E-state index in [0.29, 0.717) is 0 Å². The standard InChI is InChI=1S/C18H26N2O3S/c1-14-13-15-7-3-6-10-17(15)20(14)18(21)11-12-19(24(2,22)23)16-8-4-5-9-16/h3,6-7,10,14,16H,4-5,8-9,11-13H2,1-2H3. The van der Waals surface area contributed by atoms with Gasteiger partial charge < -0.3 is 4.90 Å². The molecule has 1 saturated carbocycles. The summed E-state index contributed by atoms with van der Waals surface area (Å²) in [5.74, 6) is 0.0131. The molecule has 1 atom stereocenters. The molecule has 5 nitrogen and oxygen atoms in total. The van der Waals surface area contributed by atoms with Gasteiger partial charge in [-0.15, -0.1) is 0 Å². The SMILES string of the molecule is CC1Cc2ccccc2N1C(=O)CCN(C1CCCC1)S(C)(=O)=O. The van der Waals surface area contributed by atoms with Gasteiger partial charge in [0, 0.05) is 30.7 Å². The molecule has 6 heteroatoms. The number of para-hydroxylation sites is 1. The van der Waals surface area contributed by atoms with E-state index < -0.39 is 10.0 Å². The first-order valence-electron chi connectivity index (χ1n) is 8.74. The summed E-state index contributed by atoms with van der Waals surface area (Å²) in [5, 5.41) is 0. The average molecular weight is 350 g/mol. The molecule has 0 radical (unpaired) electrons. The predicted octanol–water partition coefficient (Wildman–Crippen LogP) is 2.56. The number of nitrogens with zero attached hydrogens (tertiary/aromatic N) is 2. The van der Waals surface area contributed by atoms with Crippen LogP contribution in [-0.2, 0) is 21.2 Å². The second-order valence-corrected chi connectivity index (χ2v) is 8.94. The second-order valence-electron chi connectivity index (χ2n) is 7.01. The van der Waals surface area contributed by atoms with E-state index in [0.717, 1.165) is 37.8 Å². The molecule has 1 aliphatic heterocycles. The Balaban J connectivity index is 1.70. The smallest absolute Gasteiger partial charge is 0.228 e. The van der Waals surface area contributed by atoms with Crippen molar-refractivity contribution in [1.82, 2.24) is 4.31 Å². The average Bonchev–Trinajstić information content (AvgIpc) is 3.12. The van der Waals surface area contributed by atoms with E-state index in [-0.39, 0.29) is 31.0 Å². The quantitative estimate of drug-likeness (QED) is 0.820. The molecule has 0 N–H and O–H groups in total. The van der Waals surface area contributed by atoms with Crippen LogP contribution in [0.15, 0.2) is 24.3 Å². The molecule has 2 aliphatic rings. The molecule has 1 aliphatic carbocycles. The summed E-state index contributed by atoms with van der Waals surface area (Å²) in [6.07, 6.45) is 6.31. The van der Waals surface area contributed by atoms with Crippen molar-refractivity contribution in [2.24, 2.45) is 0 Å². The minimum Gasteiger partial charge on any atom is -0.309 e. The van der Waals surface area contributed by atoms with Crippen LogP contribution in [0.3, 0.4) is 0 Å². The summed E-state index contributed by atoms with van der Waals surface area (Å²) in [6, 6.07) is 8.16. The molecule has 0 saturated heterocycles. The molecule has 1 aromatic rings. The van der Waals surface area contributed by atoms with Gasteiger partial charge in [-0.2, -0.15) is 4.31 Å². The number of anilines is 1. The highest BCUT2D eigenvalue weighted by molar-refractivity contribution is 7.88. The normalized spacial score (nSPS) is 21.5. The Morgan fingerprint density at radius 1 is 1.25 bits per heavy atom. The van der Waals surface area contributed by atoms with Crippen molar-refractivity contribution in [3.63, 3.8) is 0 Å². The summed E-state index contributed by atoms with van der Waals surface area (Å²) in [5.41, 5.74) is 2.16. The maximum atomic E-state index is 12.8. The summed E-state index contributed by atoms with van der Waals surface area (Å²) in [7, 11) is -3.28. The van der Waals surface area contributed by atoms with E-state index in [1.54, 1.807) is 4.31 Å². The minimum atomic E-state index is -3.28. The van der Waals surface area contributed by atoms with Crippen molar-refractivity contribution in [2.75, 3.05) is 17.7 Å². The van der Waals surface area contributed by atoms with Crippen molar-refractivity contribution in [2.45, 2.75) is 57.5 Å². The van der Waals surface area contributed by atoms with Crippen molar-refractivity contribution in [3.8, 4) is 0 Å². The molecule has 0 aromatic heterocycles. The van der Waals surface area contributed by atoms with Crippen LogP contribution in [0.4, 0.5) is 5.69 Å². The summed E-state index contributed by atoms with van der Waals surface area (Å²) >= 11 is 0. The van der Waals surface area contributed by atoms with Gasteiger partial charge in [-0.1, -0.05) is 31.0 Å². The molecular formula is C18H26N2O3S. The van der Waals surface area contributed by atoms with Gasteiger partial charge in [-0.25, -0.2) is 8.42 Å². The largest absolute Gasteiger partial charge is 0.309 e. The molecule has 1 amide bonds. The van der Waals surface area contributed by atoms with Gasteiger partial charge in [-0.05, 0) is 37.8 Å². The molecule has 1 heterocycles. The highest BCUT2D eigenvalue weighted by atomic mass is 32.2. The van der Waals surface area contributed by atoms with E-state index in [1.165, 1.54) is 11.8 Å². The monoisotopic (exact) mass is 350 g/mol. The van der Waals surface area contributed by atoms with Crippen LogP contribution in [0.25, 0.3) is 0 Å². The van der Waals surface area contributed by atoms with Crippen LogP contribution in [0.1, 0.15) is 44.6 Å². The fraction of sp³-hybridized carbons (Fsp3) is 0.611. The zero-order chi connectivity index (χ0) is 17.3. The van der Waals surface area contributed by atoms with Crippen LogP contribution in [0, 0.1) is 0 Å². The third-order valence-electron chi connectivity index (χ3n) is 5.18. The zero-order valence-electron chi connectivity index (χ0n) is 14.4. The topological polar surface area (TPSA) is 57.7 Å². The lowest BCUT2D eigenvalue weighted by Gasteiger charge is -2.28. The van der Waals surface area contributed by atoms with Crippen LogP contribution in [0.5, 0.6) is 0 Å². The third kappa shape index (κ3) is 3.49. The van der Waals surface area contributed by atoms with E-state index in [4.69, 9.17) is 0 Å². The van der Waals surface area contributed by atoms with Crippen molar-refractivity contribution in [1.29, 1.82) is 0 Å². The van der Waals surface area contributed by atoms with Gasteiger partial charge in [0.25, 0.3) is 0 Å². The lowest BCUT2D eigenvalue weighted by atomic mass is 10.1. The first kappa shape index (κ1) is 17.4. The Morgan fingerprint density at radius 3 is 2.58 bits per heavy atom. The first-order chi connectivity index (χ1) is 11.4. The van der Waals surface area contributed by atoms with Crippen molar-refractivity contribution >= 4 is 21.6 Å². The summed E-state index contributed by atoms with van der Waals surface area (Å²) in [4.78, 5) is 14.6. The lowest BCUT2D eigenvalue weighted by molar-refractivity contribution is -0.119. The fourth-order valence-electron chi connectivity index (χ4n) is 4.08. The zero-order valence-corrected chi connectivity index (χ0v) is 15.3. The van der Waals surface area contributed by atoms with Gasteiger partial charge in [0.15, 0.2) is 0 Å². The summed E-state index contributed by atoms with van der Waals surface area (Å²) in [6.45, 7) is 2.33. The molecule has 24 heavy (non-hydrogen) atoms. The van der Waals surface area contributed by atoms with E-state index in [2.05, 4.69) is 6.07 Å². The van der Waals surface area contributed by atoms with Crippen molar-refractivity contribution in [3.05, 3.63) is 29.8 Å². The number of rotatable bonds is 5. The van der Waals surface area contributed by atoms with Gasteiger partial charge in [0.1, 0.15) is 0 Å². The lowest BCUT2D eigenvalue weighted by Crippen LogP contribution is -2.42. The number of benzene rings is 1. The van der Waals surface area contributed by atoms with Crippen LogP contribution < -0.4 is 4.90 Å². The first-order valence-corrected chi connectivity index (χ1v) is 10.6. The molecule has 1 fully saturated rings. The Labute approximate surface area is 144 Å². The number of amides is 1. The van der Waals surface area contributed by atoms with Crippen LogP contribution in [0.2, 0.25) is 0 Å². The predicted molar refractivity (Wildman–Crippen MR) is 95.5 cm³/mol. The number of hydrogen-bond acceptors (Lipinski definition) is 3. The molecule has 132 valence electrons. The Hall–Kier alpha value is -1.40. The number of fused-ring (bicyclic) bond motifs is 1. The van der Waals surface area contributed by atoms with Gasteiger partial charge in [0.2, 0.25) is 15.9 Å². The fourth-order valence-corrected chi connectivity index (χ4v) is 5.26. The maximum absolute atomic E-state index is 12.8. The Morgan fingerprint density at radius 2 is 1.92 bits per heavy atom. The Kier molecular flexibility index (Phi) is 4.97. The minimum absolute atomic E-state index is 0.0131. The van der Waals surface area contributed by atoms with E-state index >= 15 is 0 Å². The molecule has 3 rings (SSSR count). The van der Waals surface area contributed by atoms with Gasteiger partial charge in [0.05, 0.1) is 6.26 Å².